The predicted octanol–water partition coefficient (Wildman–Crippen LogP) is 7.42. The van der Waals surface area contributed by atoms with E-state index in [1.165, 1.54) is 57.9 Å². The van der Waals surface area contributed by atoms with Gasteiger partial charge < -0.3 is 9.47 Å². The lowest BCUT2D eigenvalue weighted by Crippen LogP contribution is -2.54. The van der Waals surface area contributed by atoms with Gasteiger partial charge in [-0.2, -0.15) is 0 Å². The Balaban J connectivity index is 1.59. The summed E-state index contributed by atoms with van der Waals surface area (Å²) in [7, 11) is 0. The Morgan fingerprint density at radius 2 is 1.69 bits per heavy atom. The number of carbonyl (C=O) groups is 2. The van der Waals surface area contributed by atoms with Crippen LogP contribution in [0.1, 0.15) is 106 Å². The van der Waals surface area contributed by atoms with Crippen molar-refractivity contribution in [1.29, 1.82) is 0 Å². The molecule has 4 aliphatic rings. The number of rotatable bonds is 7. The minimum atomic E-state index is -0.263. The van der Waals surface area contributed by atoms with Crippen molar-refractivity contribution in [3.8, 4) is 0 Å². The van der Waals surface area contributed by atoms with E-state index >= 15 is 0 Å². The molecule has 0 aliphatic heterocycles. The van der Waals surface area contributed by atoms with Crippen molar-refractivity contribution in [3.05, 3.63) is 23.3 Å². The lowest BCUT2D eigenvalue weighted by atomic mass is 9.49. The Bertz CT molecular complexity index is 884. The largest absolute Gasteiger partial charge is 0.462 e. The molecule has 3 saturated carbocycles. The Kier molecular flexibility index (Phi) is 7.61. The first-order valence-corrected chi connectivity index (χ1v) is 14.2. The van der Waals surface area contributed by atoms with Crippen LogP contribution in [0, 0.1) is 40.4 Å². The molecule has 0 aromatic rings. The summed E-state index contributed by atoms with van der Waals surface area (Å²) in [5.74, 6) is 2.88. The first-order chi connectivity index (χ1) is 16.5. The van der Waals surface area contributed by atoms with Crippen LogP contribution in [-0.2, 0) is 19.1 Å². The summed E-state index contributed by atoms with van der Waals surface area (Å²) in [4.78, 5) is 23.8. The van der Waals surface area contributed by atoms with Crippen LogP contribution in [0.2, 0.25) is 0 Å². The molecule has 0 saturated heterocycles. The SMILES string of the molecule is CC(=O)O[C@@H]1CC2=CC=C3C4CCC([C@H](C)CCCC(C)C)[C@@]4(C)CCC3[C@@]2(C)[C@@H](OC(C)=O)C1. The molecule has 0 aromatic carbocycles. The average Bonchev–Trinajstić information content (AvgIpc) is 3.11. The van der Waals surface area contributed by atoms with Gasteiger partial charge in [-0.25, -0.2) is 0 Å². The number of ether oxygens (including phenoxy) is 2. The van der Waals surface area contributed by atoms with Crippen molar-refractivity contribution in [2.45, 2.75) is 118 Å². The van der Waals surface area contributed by atoms with Gasteiger partial charge in [-0.1, -0.05) is 77.2 Å². The van der Waals surface area contributed by atoms with Gasteiger partial charge >= 0.3 is 11.9 Å². The second kappa shape index (κ2) is 10.1. The highest BCUT2D eigenvalue weighted by Crippen LogP contribution is 2.66. The summed E-state index contributed by atoms with van der Waals surface area (Å²) in [6.45, 7) is 15.0. The quantitative estimate of drug-likeness (QED) is 0.353. The maximum atomic E-state index is 12.1. The molecule has 196 valence electrons. The number of fused-ring (bicyclic) bond motifs is 5. The molecule has 4 heteroatoms. The van der Waals surface area contributed by atoms with E-state index in [1.807, 2.05) is 0 Å². The van der Waals surface area contributed by atoms with Crippen molar-refractivity contribution in [2.24, 2.45) is 40.4 Å². The molecule has 0 heterocycles. The van der Waals surface area contributed by atoms with Crippen molar-refractivity contribution >= 4 is 11.9 Å². The normalized spacial score (nSPS) is 39.0. The Morgan fingerprint density at radius 1 is 0.971 bits per heavy atom. The topological polar surface area (TPSA) is 52.6 Å². The number of hydrogen-bond acceptors (Lipinski definition) is 4. The smallest absolute Gasteiger partial charge is 0.302 e. The Morgan fingerprint density at radius 3 is 2.34 bits per heavy atom. The Hall–Kier alpha value is -1.58. The van der Waals surface area contributed by atoms with Crippen LogP contribution < -0.4 is 0 Å². The first kappa shape index (κ1) is 26.5. The molecule has 0 N–H and O–H groups in total. The molecule has 4 aliphatic carbocycles. The maximum Gasteiger partial charge on any atom is 0.302 e. The van der Waals surface area contributed by atoms with Gasteiger partial charge in [0.25, 0.3) is 0 Å². The average molecular weight is 485 g/mol. The van der Waals surface area contributed by atoms with E-state index in [9.17, 15) is 9.59 Å². The zero-order chi connectivity index (χ0) is 25.5. The molecule has 35 heavy (non-hydrogen) atoms. The zero-order valence-electron chi connectivity index (χ0n) is 23.2. The molecule has 3 unspecified atom stereocenters. The molecule has 0 spiro atoms. The molecule has 0 bridgehead atoms. The second-order valence-electron chi connectivity index (χ2n) is 13.0. The van der Waals surface area contributed by atoms with Crippen LogP contribution in [0.25, 0.3) is 0 Å². The molecule has 3 fully saturated rings. The highest BCUT2D eigenvalue weighted by molar-refractivity contribution is 5.67. The number of esters is 2. The summed E-state index contributed by atoms with van der Waals surface area (Å²) in [6, 6.07) is 0. The van der Waals surface area contributed by atoms with Crippen molar-refractivity contribution in [3.63, 3.8) is 0 Å². The number of carbonyl (C=O) groups excluding carboxylic acids is 2. The maximum absolute atomic E-state index is 12.1. The fraction of sp³-hybridized carbons (Fsp3) is 0.806. The van der Waals surface area contributed by atoms with Crippen LogP contribution in [0.15, 0.2) is 23.3 Å². The van der Waals surface area contributed by atoms with E-state index in [0.717, 1.165) is 30.6 Å². The Labute approximate surface area is 213 Å². The molecule has 4 rings (SSSR count). The third-order valence-corrected chi connectivity index (χ3v) is 10.4. The van der Waals surface area contributed by atoms with E-state index < -0.39 is 0 Å². The van der Waals surface area contributed by atoms with Crippen molar-refractivity contribution in [1.82, 2.24) is 0 Å². The third kappa shape index (κ3) is 4.88. The molecule has 0 amide bonds. The van der Waals surface area contributed by atoms with Crippen LogP contribution >= 0.6 is 0 Å². The van der Waals surface area contributed by atoms with Gasteiger partial charge in [-0.05, 0) is 60.7 Å². The molecular weight excluding hydrogens is 436 g/mol. The lowest BCUT2D eigenvalue weighted by molar-refractivity contribution is -0.165. The molecule has 0 radical (unpaired) electrons. The summed E-state index contributed by atoms with van der Waals surface area (Å²) >= 11 is 0. The lowest BCUT2D eigenvalue weighted by Gasteiger charge is -2.57. The van der Waals surface area contributed by atoms with Gasteiger partial charge in [-0.15, -0.1) is 0 Å². The van der Waals surface area contributed by atoms with Gasteiger partial charge in [-0.3, -0.25) is 9.59 Å². The van der Waals surface area contributed by atoms with E-state index in [1.54, 1.807) is 5.57 Å². The van der Waals surface area contributed by atoms with Crippen molar-refractivity contribution in [2.75, 3.05) is 0 Å². The highest BCUT2D eigenvalue weighted by Gasteiger charge is 2.60. The third-order valence-electron chi connectivity index (χ3n) is 10.4. The minimum Gasteiger partial charge on any atom is -0.462 e. The minimum absolute atomic E-state index is 0.214. The zero-order valence-corrected chi connectivity index (χ0v) is 23.2. The molecule has 0 aromatic heterocycles. The first-order valence-electron chi connectivity index (χ1n) is 14.2. The van der Waals surface area contributed by atoms with Crippen LogP contribution in [0.3, 0.4) is 0 Å². The summed E-state index contributed by atoms with van der Waals surface area (Å²) in [6.07, 6.45) is 14.6. The number of hydrogen-bond donors (Lipinski definition) is 0. The van der Waals surface area contributed by atoms with Crippen molar-refractivity contribution < 1.29 is 19.1 Å². The summed E-state index contributed by atoms with van der Waals surface area (Å²) in [5.41, 5.74) is 3.04. The van der Waals surface area contributed by atoms with Crippen LogP contribution in [0.5, 0.6) is 0 Å². The summed E-state index contributed by atoms with van der Waals surface area (Å²) < 4.78 is 11.6. The fourth-order valence-electron chi connectivity index (χ4n) is 8.72. The van der Waals surface area contributed by atoms with Gasteiger partial charge in [0.15, 0.2) is 0 Å². The van der Waals surface area contributed by atoms with E-state index in [-0.39, 0.29) is 29.6 Å². The fourth-order valence-corrected chi connectivity index (χ4v) is 8.72. The second-order valence-corrected chi connectivity index (χ2v) is 13.0. The molecule has 8 atom stereocenters. The standard InChI is InChI=1S/C31H48O4/c1-19(2)9-8-10-20(3)26-13-14-27-25-12-11-23-17-24(34-21(4)32)18-29(35-22(5)33)31(23,7)28(25)15-16-30(26,27)6/h11-12,19-20,24,26-29H,8-10,13-18H2,1-7H3/t20-,24-,26?,27?,28?,29+,30-,31+/m1/s1. The van der Waals surface area contributed by atoms with Gasteiger partial charge in [0.1, 0.15) is 12.2 Å². The van der Waals surface area contributed by atoms with Crippen LogP contribution in [-0.4, -0.2) is 24.1 Å². The van der Waals surface area contributed by atoms with E-state index in [4.69, 9.17) is 9.47 Å². The molecule has 4 nitrogen and oxygen atoms in total. The van der Waals surface area contributed by atoms with E-state index in [2.05, 4.69) is 46.8 Å². The van der Waals surface area contributed by atoms with Gasteiger partial charge in [0, 0.05) is 32.1 Å². The summed E-state index contributed by atoms with van der Waals surface area (Å²) in [5, 5.41) is 0. The molecular formula is C31H48O4. The highest BCUT2D eigenvalue weighted by atomic mass is 16.6. The number of allylic oxidation sites excluding steroid dienone is 3. The monoisotopic (exact) mass is 484 g/mol. The van der Waals surface area contributed by atoms with Gasteiger partial charge in [0.05, 0.1) is 0 Å². The predicted molar refractivity (Wildman–Crippen MR) is 140 cm³/mol. The van der Waals surface area contributed by atoms with E-state index in [0.29, 0.717) is 23.7 Å². The van der Waals surface area contributed by atoms with Crippen LogP contribution in [0.4, 0.5) is 0 Å². The van der Waals surface area contributed by atoms with Gasteiger partial charge in [0.2, 0.25) is 0 Å².